The van der Waals surface area contributed by atoms with Crippen LogP contribution in [-0.4, -0.2) is 49.5 Å². The molecule has 0 spiro atoms. The summed E-state index contributed by atoms with van der Waals surface area (Å²) in [6.45, 7) is 1.50. The van der Waals surface area contributed by atoms with Gasteiger partial charge in [0.2, 0.25) is 12.3 Å². The van der Waals surface area contributed by atoms with Crippen molar-refractivity contribution in [3.8, 4) is 0 Å². The van der Waals surface area contributed by atoms with Crippen LogP contribution >= 0.6 is 0 Å². The summed E-state index contributed by atoms with van der Waals surface area (Å²) in [6, 6.07) is -0.968. The Kier molecular flexibility index (Phi) is 8.59. The van der Waals surface area contributed by atoms with Gasteiger partial charge in [-0.05, 0) is 13.3 Å². The molecule has 1 atom stereocenters. The summed E-state index contributed by atoms with van der Waals surface area (Å²) in [5.74, 6) is -1.67. The predicted molar refractivity (Wildman–Crippen MR) is 65.7 cm³/mol. The van der Waals surface area contributed by atoms with Crippen molar-refractivity contribution >= 4 is 30.3 Å². The fourth-order valence-corrected chi connectivity index (χ4v) is 1.23. The van der Waals surface area contributed by atoms with Crippen LogP contribution in [0.2, 0.25) is 0 Å². The Morgan fingerprint density at radius 1 is 1.37 bits per heavy atom. The minimum absolute atomic E-state index is 0.0415. The quantitative estimate of drug-likeness (QED) is 0.261. The van der Waals surface area contributed by atoms with Gasteiger partial charge in [0.1, 0.15) is 6.04 Å². The van der Waals surface area contributed by atoms with Crippen molar-refractivity contribution < 1.29 is 23.9 Å². The third-order valence-corrected chi connectivity index (χ3v) is 2.09. The second kappa shape index (κ2) is 9.75. The highest BCUT2D eigenvalue weighted by Gasteiger charge is 2.22. The molecule has 0 aromatic rings. The Balaban J connectivity index is 4.43. The third kappa shape index (κ3) is 7.63. The molecule has 106 valence electrons. The van der Waals surface area contributed by atoms with Crippen LogP contribution in [0.25, 0.3) is 0 Å². The molecule has 8 heteroatoms. The smallest absolute Gasteiger partial charge is 0.328 e. The number of carbonyl (C=O) groups is 4. The summed E-state index contributed by atoms with van der Waals surface area (Å²) in [6.07, 6.45) is 1.00. The first-order valence-electron chi connectivity index (χ1n) is 5.71. The Morgan fingerprint density at radius 3 is 2.58 bits per heavy atom. The molecule has 0 aliphatic carbocycles. The number of hydrogen-bond acceptors (Lipinski definition) is 6. The van der Waals surface area contributed by atoms with Gasteiger partial charge < -0.3 is 20.8 Å². The average molecular weight is 271 g/mol. The average Bonchev–Trinajstić information content (AvgIpc) is 2.40. The highest BCUT2D eigenvalue weighted by Crippen LogP contribution is 2.01. The van der Waals surface area contributed by atoms with Crippen molar-refractivity contribution in [1.82, 2.24) is 10.6 Å². The summed E-state index contributed by atoms with van der Waals surface area (Å²) in [4.78, 5) is 43.9. The normalized spacial score (nSPS) is 11.0. The van der Waals surface area contributed by atoms with Crippen LogP contribution in [0.4, 0.5) is 0 Å². The zero-order chi connectivity index (χ0) is 14.7. The molecular weight excluding hydrogens is 254 g/mol. The summed E-state index contributed by atoms with van der Waals surface area (Å²) in [7, 11) is 0. The first-order chi connectivity index (χ1) is 9.04. The fraction of sp³-hybridized carbons (Fsp3) is 0.545. The molecule has 0 fully saturated rings. The van der Waals surface area contributed by atoms with Crippen LogP contribution in [0.5, 0.6) is 0 Å². The van der Waals surface area contributed by atoms with Crippen LogP contribution in [0, 0.1) is 5.41 Å². The molecule has 1 unspecified atom stereocenters. The highest BCUT2D eigenvalue weighted by atomic mass is 16.5. The van der Waals surface area contributed by atoms with Crippen LogP contribution in [-0.2, 0) is 23.9 Å². The molecule has 0 rings (SSSR count). The van der Waals surface area contributed by atoms with Gasteiger partial charge in [-0.3, -0.25) is 14.4 Å². The van der Waals surface area contributed by atoms with E-state index in [2.05, 4.69) is 10.6 Å². The molecule has 19 heavy (non-hydrogen) atoms. The molecule has 0 aromatic carbocycles. The van der Waals surface area contributed by atoms with Gasteiger partial charge in [-0.15, -0.1) is 0 Å². The molecule has 2 amide bonds. The Morgan fingerprint density at radius 2 is 2.05 bits per heavy atom. The molecule has 3 N–H and O–H groups in total. The minimum Gasteiger partial charge on any atom is -0.464 e. The van der Waals surface area contributed by atoms with Crippen molar-refractivity contribution in [3.05, 3.63) is 0 Å². The lowest BCUT2D eigenvalue weighted by Crippen LogP contribution is -2.45. The van der Waals surface area contributed by atoms with Gasteiger partial charge in [-0.25, -0.2) is 4.79 Å². The molecule has 0 bridgehead atoms. The van der Waals surface area contributed by atoms with E-state index < -0.39 is 23.7 Å². The van der Waals surface area contributed by atoms with E-state index in [0.717, 1.165) is 0 Å². The van der Waals surface area contributed by atoms with E-state index in [0.29, 0.717) is 12.6 Å². The number of amides is 2. The predicted octanol–water partition coefficient (Wildman–Crippen LogP) is -1.22. The van der Waals surface area contributed by atoms with Crippen LogP contribution in [0.3, 0.4) is 0 Å². The molecule has 0 radical (unpaired) electrons. The Hall–Kier alpha value is -2.25. The van der Waals surface area contributed by atoms with Gasteiger partial charge in [0.25, 0.3) is 0 Å². The lowest BCUT2D eigenvalue weighted by molar-refractivity contribution is -0.147. The molecular formula is C11H17N3O5. The van der Waals surface area contributed by atoms with Gasteiger partial charge in [0.05, 0.1) is 19.4 Å². The number of esters is 1. The SMILES string of the molecule is CCOC(=O)C(CCC(=O)C=N)NC(=O)CNC=O. The van der Waals surface area contributed by atoms with Crippen molar-refractivity contribution in [2.75, 3.05) is 13.2 Å². The Labute approximate surface area is 110 Å². The maximum absolute atomic E-state index is 11.6. The van der Waals surface area contributed by atoms with Crippen molar-refractivity contribution in [2.45, 2.75) is 25.8 Å². The van der Waals surface area contributed by atoms with Crippen LogP contribution in [0.15, 0.2) is 0 Å². The topological polar surface area (TPSA) is 125 Å². The number of Topliss-reactive ketones (excluding diaryl/α,β-unsaturated/α-hetero) is 1. The second-order valence-electron chi connectivity index (χ2n) is 3.52. The van der Waals surface area contributed by atoms with E-state index in [-0.39, 0.29) is 26.0 Å². The fourth-order valence-electron chi connectivity index (χ4n) is 1.23. The van der Waals surface area contributed by atoms with E-state index in [1.807, 2.05) is 0 Å². The number of carbonyl (C=O) groups excluding carboxylic acids is 4. The van der Waals surface area contributed by atoms with Crippen molar-refractivity contribution in [1.29, 1.82) is 5.41 Å². The number of rotatable bonds is 10. The first kappa shape index (κ1) is 16.8. The minimum atomic E-state index is -0.968. The standard InChI is InChI=1S/C11H17N3O5/c1-2-19-11(18)9(4-3-8(16)5-12)14-10(17)6-13-7-15/h5,7,9,12H,2-4,6H2,1H3,(H,13,15)(H,14,17). The summed E-state index contributed by atoms with van der Waals surface area (Å²) < 4.78 is 4.76. The van der Waals surface area contributed by atoms with Crippen LogP contribution in [0.1, 0.15) is 19.8 Å². The monoisotopic (exact) mass is 271 g/mol. The first-order valence-corrected chi connectivity index (χ1v) is 5.71. The molecule has 0 aliphatic rings. The number of nitrogens with one attached hydrogen (secondary N) is 3. The molecule has 0 heterocycles. The molecule has 0 aromatic heterocycles. The van der Waals surface area contributed by atoms with Crippen molar-refractivity contribution in [3.63, 3.8) is 0 Å². The molecule has 0 saturated carbocycles. The zero-order valence-electron chi connectivity index (χ0n) is 10.6. The van der Waals surface area contributed by atoms with E-state index >= 15 is 0 Å². The maximum atomic E-state index is 11.6. The second-order valence-corrected chi connectivity index (χ2v) is 3.52. The number of ketones is 1. The lowest BCUT2D eigenvalue weighted by Gasteiger charge is -2.16. The Bertz CT molecular complexity index is 356. The molecule has 0 saturated heterocycles. The zero-order valence-corrected chi connectivity index (χ0v) is 10.6. The number of ether oxygens (including phenoxy) is 1. The molecule has 0 aliphatic heterocycles. The van der Waals surface area contributed by atoms with Crippen molar-refractivity contribution in [2.24, 2.45) is 0 Å². The lowest BCUT2D eigenvalue weighted by atomic mass is 10.1. The van der Waals surface area contributed by atoms with Gasteiger partial charge >= 0.3 is 5.97 Å². The highest BCUT2D eigenvalue weighted by molar-refractivity contribution is 6.26. The van der Waals surface area contributed by atoms with E-state index in [1.54, 1.807) is 6.92 Å². The van der Waals surface area contributed by atoms with Gasteiger partial charge in [0.15, 0.2) is 5.78 Å². The summed E-state index contributed by atoms with van der Waals surface area (Å²) in [5.41, 5.74) is 0. The van der Waals surface area contributed by atoms with Crippen LogP contribution < -0.4 is 10.6 Å². The van der Waals surface area contributed by atoms with Gasteiger partial charge in [-0.2, -0.15) is 0 Å². The van der Waals surface area contributed by atoms with Gasteiger partial charge in [-0.1, -0.05) is 0 Å². The number of hydrogen-bond donors (Lipinski definition) is 3. The van der Waals surface area contributed by atoms with E-state index in [9.17, 15) is 19.2 Å². The third-order valence-electron chi connectivity index (χ3n) is 2.09. The summed E-state index contributed by atoms with van der Waals surface area (Å²) in [5, 5.41) is 11.3. The maximum Gasteiger partial charge on any atom is 0.328 e. The van der Waals surface area contributed by atoms with Gasteiger partial charge in [0, 0.05) is 6.42 Å². The summed E-state index contributed by atoms with van der Waals surface area (Å²) >= 11 is 0. The van der Waals surface area contributed by atoms with E-state index in [1.165, 1.54) is 0 Å². The van der Waals surface area contributed by atoms with E-state index in [4.69, 9.17) is 10.1 Å². The molecule has 8 nitrogen and oxygen atoms in total. The largest absolute Gasteiger partial charge is 0.464 e.